The van der Waals surface area contributed by atoms with Gasteiger partial charge in [-0.1, -0.05) is 6.07 Å². The van der Waals surface area contributed by atoms with Gasteiger partial charge in [0, 0.05) is 25.7 Å². The molecule has 5 heteroatoms. The van der Waals surface area contributed by atoms with E-state index in [4.69, 9.17) is 15.2 Å². The van der Waals surface area contributed by atoms with Gasteiger partial charge in [-0.25, -0.2) is 0 Å². The minimum absolute atomic E-state index is 0.0429. The van der Waals surface area contributed by atoms with Crippen LogP contribution >= 0.6 is 0 Å². The summed E-state index contributed by atoms with van der Waals surface area (Å²) in [5, 5.41) is 0. The van der Waals surface area contributed by atoms with E-state index in [-0.39, 0.29) is 11.7 Å². The summed E-state index contributed by atoms with van der Waals surface area (Å²) in [5.74, 6) is 1.58. The van der Waals surface area contributed by atoms with Crippen molar-refractivity contribution >= 4 is 5.82 Å². The van der Waals surface area contributed by atoms with Crippen LogP contribution in [0.1, 0.15) is 20.8 Å². The number of hydrogen-bond donors (Lipinski definition) is 1. The minimum atomic E-state index is -0.217. The van der Waals surface area contributed by atoms with E-state index in [1.807, 2.05) is 25.1 Å². The zero-order chi connectivity index (χ0) is 13.9. The summed E-state index contributed by atoms with van der Waals surface area (Å²) in [6.45, 7) is 8.81. The molecule has 2 N–H and O–H groups in total. The lowest BCUT2D eigenvalue weighted by Gasteiger charge is -2.43. The fraction of sp³-hybridized carbons (Fsp3) is 0.643. The molecule has 1 fully saturated rings. The number of pyridine rings is 1. The molecule has 5 nitrogen and oxygen atoms in total. The molecule has 1 atom stereocenters. The fourth-order valence-corrected chi connectivity index (χ4v) is 2.40. The highest BCUT2D eigenvalue weighted by Gasteiger charge is 2.33. The van der Waals surface area contributed by atoms with Crippen LogP contribution in [-0.2, 0) is 4.74 Å². The van der Waals surface area contributed by atoms with E-state index in [1.54, 1.807) is 0 Å². The van der Waals surface area contributed by atoms with Crippen molar-refractivity contribution in [2.75, 3.05) is 31.1 Å². The van der Waals surface area contributed by atoms with E-state index in [0.717, 1.165) is 18.9 Å². The predicted molar refractivity (Wildman–Crippen MR) is 75.6 cm³/mol. The molecule has 1 aliphatic heterocycles. The van der Waals surface area contributed by atoms with Crippen molar-refractivity contribution in [3.63, 3.8) is 0 Å². The number of ether oxygens (including phenoxy) is 2. The van der Waals surface area contributed by atoms with Crippen LogP contribution < -0.4 is 15.4 Å². The van der Waals surface area contributed by atoms with Gasteiger partial charge in [0.25, 0.3) is 0 Å². The van der Waals surface area contributed by atoms with E-state index in [2.05, 4.69) is 23.7 Å². The quantitative estimate of drug-likeness (QED) is 0.892. The van der Waals surface area contributed by atoms with Crippen LogP contribution in [0.15, 0.2) is 18.2 Å². The van der Waals surface area contributed by atoms with Crippen LogP contribution in [0.25, 0.3) is 0 Å². The second kappa shape index (κ2) is 5.75. The first-order chi connectivity index (χ1) is 9.04. The predicted octanol–water partition coefficient (Wildman–Crippen LogP) is 1.42. The number of nitrogens with zero attached hydrogens (tertiary/aromatic N) is 2. The zero-order valence-corrected chi connectivity index (χ0v) is 11.9. The molecule has 0 radical (unpaired) electrons. The number of hydrogen-bond acceptors (Lipinski definition) is 5. The summed E-state index contributed by atoms with van der Waals surface area (Å²) < 4.78 is 11.4. The summed E-state index contributed by atoms with van der Waals surface area (Å²) in [5.41, 5.74) is 5.53. The minimum Gasteiger partial charge on any atom is -0.478 e. The molecule has 1 aromatic rings. The van der Waals surface area contributed by atoms with Gasteiger partial charge < -0.3 is 20.1 Å². The van der Waals surface area contributed by atoms with Gasteiger partial charge in [0.05, 0.1) is 18.3 Å². The van der Waals surface area contributed by atoms with E-state index in [0.29, 0.717) is 19.0 Å². The summed E-state index contributed by atoms with van der Waals surface area (Å²) >= 11 is 0. The maximum atomic E-state index is 5.93. The van der Waals surface area contributed by atoms with Crippen molar-refractivity contribution in [3.05, 3.63) is 18.2 Å². The second-order valence-corrected chi connectivity index (χ2v) is 5.38. The average molecular weight is 265 g/mol. The van der Waals surface area contributed by atoms with E-state index in [1.165, 1.54) is 0 Å². The molecule has 106 valence electrons. The van der Waals surface area contributed by atoms with Crippen molar-refractivity contribution < 1.29 is 9.47 Å². The molecule has 0 spiro atoms. The van der Waals surface area contributed by atoms with Crippen LogP contribution in [0, 0.1) is 0 Å². The summed E-state index contributed by atoms with van der Waals surface area (Å²) in [6.07, 6.45) is 0.0429. The lowest BCUT2D eigenvalue weighted by Crippen LogP contribution is -2.55. The molecule has 0 aliphatic carbocycles. The average Bonchev–Trinajstić information content (AvgIpc) is 2.37. The first-order valence-corrected chi connectivity index (χ1v) is 6.77. The Morgan fingerprint density at radius 1 is 1.53 bits per heavy atom. The lowest BCUT2D eigenvalue weighted by atomic mass is 10.1. The number of rotatable bonds is 4. The Labute approximate surface area is 114 Å². The van der Waals surface area contributed by atoms with Crippen LogP contribution in [0.3, 0.4) is 0 Å². The van der Waals surface area contributed by atoms with Crippen LogP contribution in [-0.4, -0.2) is 42.9 Å². The van der Waals surface area contributed by atoms with Gasteiger partial charge in [0.1, 0.15) is 5.82 Å². The molecule has 0 aromatic carbocycles. The molecule has 0 amide bonds. The first kappa shape index (κ1) is 14.1. The third kappa shape index (κ3) is 3.58. The molecule has 1 saturated heterocycles. The molecular weight excluding hydrogens is 242 g/mol. The highest BCUT2D eigenvalue weighted by molar-refractivity contribution is 5.42. The van der Waals surface area contributed by atoms with Crippen molar-refractivity contribution in [2.45, 2.75) is 32.5 Å². The maximum Gasteiger partial charge on any atom is 0.215 e. The molecule has 2 heterocycles. The second-order valence-electron chi connectivity index (χ2n) is 5.38. The van der Waals surface area contributed by atoms with E-state index >= 15 is 0 Å². The third-order valence-electron chi connectivity index (χ3n) is 3.07. The Balaban J connectivity index is 2.17. The SMILES string of the molecule is CCOc1cccc(N2CC(CN)OC(C)(C)C2)n1. The van der Waals surface area contributed by atoms with Crippen molar-refractivity contribution in [2.24, 2.45) is 5.73 Å². The van der Waals surface area contributed by atoms with Gasteiger partial charge in [-0.15, -0.1) is 0 Å². The molecule has 0 saturated carbocycles. The Kier molecular flexibility index (Phi) is 4.27. The van der Waals surface area contributed by atoms with E-state index < -0.39 is 0 Å². The molecule has 2 rings (SSSR count). The Hall–Kier alpha value is -1.33. The third-order valence-corrected chi connectivity index (χ3v) is 3.07. The van der Waals surface area contributed by atoms with Crippen molar-refractivity contribution in [1.29, 1.82) is 0 Å². The maximum absolute atomic E-state index is 5.93. The van der Waals surface area contributed by atoms with Gasteiger partial charge >= 0.3 is 0 Å². The number of nitrogens with two attached hydrogens (primary N) is 1. The highest BCUT2D eigenvalue weighted by Crippen LogP contribution is 2.25. The normalized spacial score (nSPS) is 22.3. The van der Waals surface area contributed by atoms with Gasteiger partial charge in [-0.3, -0.25) is 0 Å². The summed E-state index contributed by atoms with van der Waals surface area (Å²) in [7, 11) is 0. The van der Waals surface area contributed by atoms with Crippen LogP contribution in [0.5, 0.6) is 5.88 Å². The van der Waals surface area contributed by atoms with Gasteiger partial charge in [-0.05, 0) is 26.8 Å². The molecule has 1 aliphatic rings. The largest absolute Gasteiger partial charge is 0.478 e. The zero-order valence-electron chi connectivity index (χ0n) is 11.9. The number of aromatic nitrogens is 1. The van der Waals surface area contributed by atoms with Gasteiger partial charge in [-0.2, -0.15) is 4.98 Å². The van der Waals surface area contributed by atoms with Crippen LogP contribution in [0.2, 0.25) is 0 Å². The van der Waals surface area contributed by atoms with Gasteiger partial charge in [0.2, 0.25) is 5.88 Å². The Bertz CT molecular complexity index is 423. The Morgan fingerprint density at radius 3 is 3.00 bits per heavy atom. The number of morpholine rings is 1. The Morgan fingerprint density at radius 2 is 2.32 bits per heavy atom. The monoisotopic (exact) mass is 265 g/mol. The fourth-order valence-electron chi connectivity index (χ4n) is 2.40. The topological polar surface area (TPSA) is 60.6 Å². The molecular formula is C14H23N3O2. The van der Waals surface area contributed by atoms with E-state index in [9.17, 15) is 0 Å². The smallest absolute Gasteiger partial charge is 0.215 e. The molecule has 0 bridgehead atoms. The van der Waals surface area contributed by atoms with Crippen LogP contribution in [0.4, 0.5) is 5.82 Å². The molecule has 1 unspecified atom stereocenters. The summed E-state index contributed by atoms with van der Waals surface area (Å²) in [6, 6.07) is 5.84. The molecule has 19 heavy (non-hydrogen) atoms. The van der Waals surface area contributed by atoms with Crippen molar-refractivity contribution in [3.8, 4) is 5.88 Å². The molecule has 1 aromatic heterocycles. The number of anilines is 1. The van der Waals surface area contributed by atoms with Crippen molar-refractivity contribution in [1.82, 2.24) is 4.98 Å². The summed E-state index contributed by atoms with van der Waals surface area (Å²) in [4.78, 5) is 6.74. The lowest BCUT2D eigenvalue weighted by molar-refractivity contribution is -0.0790. The first-order valence-electron chi connectivity index (χ1n) is 6.77. The van der Waals surface area contributed by atoms with Gasteiger partial charge in [0.15, 0.2) is 0 Å². The highest BCUT2D eigenvalue weighted by atomic mass is 16.5. The standard InChI is InChI=1S/C14H23N3O2/c1-4-18-13-7-5-6-12(16-13)17-9-11(8-15)19-14(2,3)10-17/h5-7,11H,4,8-10,15H2,1-3H3.